The molecule has 0 fully saturated rings. The van der Waals surface area contributed by atoms with Gasteiger partial charge >= 0.3 is 0 Å². The minimum Gasteiger partial charge on any atom is -0.329 e. The highest BCUT2D eigenvalue weighted by Crippen LogP contribution is 2.44. The van der Waals surface area contributed by atoms with Gasteiger partial charge < -0.3 is 11.5 Å². The van der Waals surface area contributed by atoms with Crippen molar-refractivity contribution in [2.24, 2.45) is 16.9 Å². The first-order valence-corrected chi connectivity index (χ1v) is 9.48. The van der Waals surface area contributed by atoms with Crippen LogP contribution in [0.2, 0.25) is 0 Å². The van der Waals surface area contributed by atoms with E-state index in [0.717, 1.165) is 34.3 Å². The molecular weight excluding hydrogens is 330 g/mol. The molecule has 0 saturated carbocycles. The van der Waals surface area contributed by atoms with Crippen LogP contribution in [0.5, 0.6) is 0 Å². The van der Waals surface area contributed by atoms with Crippen molar-refractivity contribution in [3.63, 3.8) is 0 Å². The molecule has 1 aliphatic rings. The Balaban J connectivity index is 1.95. The summed E-state index contributed by atoms with van der Waals surface area (Å²) in [6.07, 6.45) is 6.84. The van der Waals surface area contributed by atoms with Gasteiger partial charge in [-0.15, -0.1) is 11.3 Å². The first-order valence-electron chi connectivity index (χ1n) is 8.67. The summed E-state index contributed by atoms with van der Waals surface area (Å²) < 4.78 is 0. The number of aryl methyl sites for hydroxylation is 1. The van der Waals surface area contributed by atoms with Crippen LogP contribution >= 0.6 is 11.3 Å². The van der Waals surface area contributed by atoms with E-state index in [4.69, 9.17) is 21.4 Å². The molecule has 4 N–H and O–H groups in total. The topological polar surface area (TPSA) is 90.7 Å². The molecule has 3 heterocycles. The molecule has 25 heavy (non-hydrogen) atoms. The lowest BCUT2D eigenvalue weighted by Gasteiger charge is -2.29. The van der Waals surface area contributed by atoms with Crippen LogP contribution in [-0.4, -0.2) is 21.5 Å². The van der Waals surface area contributed by atoms with Gasteiger partial charge in [0.15, 0.2) is 5.82 Å². The van der Waals surface area contributed by atoms with E-state index in [1.807, 2.05) is 12.1 Å². The first-order chi connectivity index (χ1) is 12.0. The zero-order valence-electron chi connectivity index (χ0n) is 14.6. The molecule has 130 valence electrons. The van der Waals surface area contributed by atoms with Gasteiger partial charge in [-0.3, -0.25) is 4.98 Å². The first kappa shape index (κ1) is 16.6. The summed E-state index contributed by atoms with van der Waals surface area (Å²) in [6.45, 7) is 5.04. The highest BCUT2D eigenvalue weighted by Gasteiger charge is 2.30. The van der Waals surface area contributed by atoms with Crippen molar-refractivity contribution in [1.82, 2.24) is 15.0 Å². The molecule has 0 aliphatic heterocycles. The van der Waals surface area contributed by atoms with Crippen LogP contribution in [0.25, 0.3) is 21.6 Å². The third kappa shape index (κ3) is 2.94. The SMILES string of the molecule is CC1(C)CCc2c(sc3nc(-c4ccncc4)nc(C(N)CN)c23)C1. The van der Waals surface area contributed by atoms with Gasteiger partial charge in [0.25, 0.3) is 0 Å². The van der Waals surface area contributed by atoms with Gasteiger partial charge in [0.05, 0.1) is 11.7 Å². The van der Waals surface area contributed by atoms with E-state index in [-0.39, 0.29) is 6.04 Å². The lowest BCUT2D eigenvalue weighted by atomic mass is 9.77. The minimum absolute atomic E-state index is 0.278. The number of nitrogens with two attached hydrogens (primary N) is 2. The molecule has 3 aromatic heterocycles. The summed E-state index contributed by atoms with van der Waals surface area (Å²) in [5, 5.41) is 1.14. The number of nitrogens with zero attached hydrogens (tertiary/aromatic N) is 3. The van der Waals surface area contributed by atoms with Crippen molar-refractivity contribution in [3.8, 4) is 11.4 Å². The molecule has 1 unspecified atom stereocenters. The average Bonchev–Trinajstić information content (AvgIpc) is 2.96. The van der Waals surface area contributed by atoms with Crippen LogP contribution in [-0.2, 0) is 12.8 Å². The molecule has 0 saturated heterocycles. The fourth-order valence-electron chi connectivity index (χ4n) is 3.54. The van der Waals surface area contributed by atoms with Gasteiger partial charge in [-0.1, -0.05) is 13.8 Å². The Bertz CT molecular complexity index is 916. The second-order valence-corrected chi connectivity index (χ2v) is 8.62. The maximum atomic E-state index is 6.33. The van der Waals surface area contributed by atoms with E-state index in [9.17, 15) is 0 Å². The second-order valence-electron chi connectivity index (χ2n) is 7.54. The molecule has 0 bridgehead atoms. The van der Waals surface area contributed by atoms with Gasteiger partial charge in [-0.2, -0.15) is 0 Å². The summed E-state index contributed by atoms with van der Waals surface area (Å²) in [4.78, 5) is 16.2. The summed E-state index contributed by atoms with van der Waals surface area (Å²) >= 11 is 1.79. The Morgan fingerprint density at radius 1 is 1.24 bits per heavy atom. The number of thiophene rings is 1. The highest BCUT2D eigenvalue weighted by molar-refractivity contribution is 7.18. The standard InChI is InChI=1S/C19H23N5S/c1-19(2)6-3-12-14(9-19)25-18-15(12)16(13(21)10-20)23-17(24-18)11-4-7-22-8-5-11/h4-5,7-8,13H,3,6,9-10,20-21H2,1-2H3. The van der Waals surface area contributed by atoms with Crippen LogP contribution in [0.4, 0.5) is 0 Å². The largest absolute Gasteiger partial charge is 0.329 e. The third-order valence-corrected chi connectivity index (χ3v) is 6.12. The molecular formula is C19H23N5S. The van der Waals surface area contributed by atoms with E-state index in [0.29, 0.717) is 17.8 Å². The Morgan fingerprint density at radius 2 is 2.00 bits per heavy atom. The highest BCUT2D eigenvalue weighted by atomic mass is 32.1. The van der Waals surface area contributed by atoms with Crippen molar-refractivity contribution >= 4 is 21.6 Å². The van der Waals surface area contributed by atoms with Crippen LogP contribution in [0, 0.1) is 5.41 Å². The number of pyridine rings is 1. The number of hydrogen-bond donors (Lipinski definition) is 2. The predicted molar refractivity (Wildman–Crippen MR) is 102 cm³/mol. The van der Waals surface area contributed by atoms with E-state index >= 15 is 0 Å². The second kappa shape index (κ2) is 6.12. The van der Waals surface area contributed by atoms with Crippen LogP contribution < -0.4 is 11.5 Å². The molecule has 0 radical (unpaired) electrons. The van der Waals surface area contributed by atoms with Crippen LogP contribution in [0.3, 0.4) is 0 Å². The van der Waals surface area contributed by atoms with Crippen molar-refractivity contribution in [2.45, 2.75) is 39.2 Å². The molecule has 5 nitrogen and oxygen atoms in total. The van der Waals surface area contributed by atoms with E-state index in [1.165, 1.54) is 16.9 Å². The minimum atomic E-state index is -0.278. The monoisotopic (exact) mass is 353 g/mol. The quantitative estimate of drug-likeness (QED) is 0.754. The maximum absolute atomic E-state index is 6.33. The van der Waals surface area contributed by atoms with E-state index < -0.39 is 0 Å². The fourth-order valence-corrected chi connectivity index (χ4v) is 5.02. The summed E-state index contributed by atoms with van der Waals surface area (Å²) in [6, 6.07) is 3.57. The molecule has 0 aromatic carbocycles. The lowest BCUT2D eigenvalue weighted by molar-refractivity contribution is 0.320. The predicted octanol–water partition coefficient (Wildman–Crippen LogP) is 3.23. The molecule has 1 atom stereocenters. The molecule has 3 aromatic rings. The summed E-state index contributed by atoms with van der Waals surface area (Å²) in [5.41, 5.74) is 15.8. The van der Waals surface area contributed by atoms with Gasteiger partial charge in [-0.25, -0.2) is 9.97 Å². The molecule has 1 aliphatic carbocycles. The Kier molecular flexibility index (Phi) is 4.06. The zero-order chi connectivity index (χ0) is 17.6. The van der Waals surface area contributed by atoms with Crippen molar-refractivity contribution in [1.29, 1.82) is 0 Å². The molecule has 6 heteroatoms. The van der Waals surface area contributed by atoms with Gasteiger partial charge in [-0.05, 0) is 42.4 Å². The van der Waals surface area contributed by atoms with E-state index in [2.05, 4.69) is 18.8 Å². The zero-order valence-corrected chi connectivity index (χ0v) is 15.4. The Labute approximate surface area is 151 Å². The molecule has 4 rings (SSSR count). The normalized spacial score (nSPS) is 17.4. The summed E-state index contributed by atoms with van der Waals surface area (Å²) in [5.74, 6) is 0.701. The van der Waals surface area contributed by atoms with Gasteiger partial charge in [0.1, 0.15) is 4.83 Å². The number of aromatic nitrogens is 3. The smallest absolute Gasteiger partial charge is 0.161 e. The fraction of sp³-hybridized carbons (Fsp3) is 0.421. The number of rotatable bonds is 3. The Morgan fingerprint density at radius 3 is 2.72 bits per heavy atom. The summed E-state index contributed by atoms with van der Waals surface area (Å²) in [7, 11) is 0. The van der Waals surface area contributed by atoms with Crippen molar-refractivity contribution < 1.29 is 0 Å². The maximum Gasteiger partial charge on any atom is 0.161 e. The van der Waals surface area contributed by atoms with Gasteiger partial charge in [0, 0.05) is 34.8 Å². The lowest BCUT2D eigenvalue weighted by Crippen LogP contribution is -2.24. The van der Waals surface area contributed by atoms with Crippen LogP contribution in [0.15, 0.2) is 24.5 Å². The van der Waals surface area contributed by atoms with Crippen molar-refractivity contribution in [2.75, 3.05) is 6.54 Å². The third-order valence-electron chi connectivity index (χ3n) is 5.00. The Hall–Kier alpha value is -1.89. The van der Waals surface area contributed by atoms with Crippen molar-refractivity contribution in [3.05, 3.63) is 40.7 Å². The molecule has 0 spiro atoms. The van der Waals surface area contributed by atoms with Gasteiger partial charge in [0.2, 0.25) is 0 Å². The van der Waals surface area contributed by atoms with Crippen LogP contribution in [0.1, 0.15) is 42.4 Å². The number of fused-ring (bicyclic) bond motifs is 3. The molecule has 0 amide bonds. The average molecular weight is 353 g/mol. The van der Waals surface area contributed by atoms with E-state index in [1.54, 1.807) is 23.7 Å². The number of hydrogen-bond acceptors (Lipinski definition) is 6.